The number of hydrogen-bond acceptors (Lipinski definition) is 3. The van der Waals surface area contributed by atoms with E-state index in [2.05, 4.69) is 13.8 Å². The summed E-state index contributed by atoms with van der Waals surface area (Å²) in [5, 5.41) is 0. The minimum absolute atomic E-state index is 0.334. The molecule has 0 unspecified atom stereocenters. The summed E-state index contributed by atoms with van der Waals surface area (Å²) in [6.07, 6.45) is 0. The van der Waals surface area contributed by atoms with Crippen LogP contribution in [0.2, 0.25) is 0 Å². The van der Waals surface area contributed by atoms with Crippen molar-refractivity contribution in [1.82, 2.24) is 0 Å². The second kappa shape index (κ2) is 3.98. The first-order valence-corrected chi connectivity index (χ1v) is 7.75. The normalized spacial score (nSPS) is 20.9. The molecule has 3 nitrogen and oxygen atoms in total. The Bertz CT molecular complexity index is 573. The smallest absolute Gasteiger partial charge is 0.187 e. The number of benzene rings is 1. The molecule has 100 valence electrons. The molecule has 0 aliphatic carbocycles. The van der Waals surface area contributed by atoms with Gasteiger partial charge in [0.05, 0.1) is 15.3 Å². The van der Waals surface area contributed by atoms with Crippen molar-refractivity contribution < 1.29 is 8.42 Å². The van der Waals surface area contributed by atoms with E-state index in [1.165, 1.54) is 0 Å². The number of hydrogen-bond donors (Lipinski definition) is 0. The molecule has 18 heavy (non-hydrogen) atoms. The molecule has 1 heterocycles. The number of fused-ring (bicyclic) bond motifs is 1. The molecule has 0 saturated carbocycles. The molecule has 1 aliphatic heterocycles. The fraction of sp³-hybridized carbons (Fsp3) is 0.571. The van der Waals surface area contributed by atoms with Gasteiger partial charge in [-0.2, -0.15) is 0 Å². The maximum Gasteiger partial charge on any atom is 0.187 e. The standard InChI is InChI=1S/C14H21NO2S/c1-10(2)11-6-7-12-13(8-11)18(16,17)14(3,4)9-15(12)5/h6-8,10H,9H2,1-5H3. The predicted molar refractivity (Wildman–Crippen MR) is 75.1 cm³/mol. The van der Waals surface area contributed by atoms with Crippen LogP contribution in [0.1, 0.15) is 39.2 Å². The van der Waals surface area contributed by atoms with Crippen molar-refractivity contribution in [2.75, 3.05) is 18.5 Å². The Balaban J connectivity index is 2.71. The van der Waals surface area contributed by atoms with E-state index in [0.717, 1.165) is 11.3 Å². The van der Waals surface area contributed by atoms with Crippen molar-refractivity contribution in [3.63, 3.8) is 0 Å². The summed E-state index contributed by atoms with van der Waals surface area (Å²) in [6.45, 7) is 8.27. The molecule has 0 fully saturated rings. The highest BCUT2D eigenvalue weighted by Gasteiger charge is 2.42. The van der Waals surface area contributed by atoms with Crippen LogP contribution in [0.4, 0.5) is 5.69 Å². The number of nitrogens with zero attached hydrogens (tertiary/aromatic N) is 1. The zero-order chi connectivity index (χ0) is 13.7. The van der Waals surface area contributed by atoms with Gasteiger partial charge in [-0.25, -0.2) is 8.42 Å². The maximum atomic E-state index is 12.6. The Kier molecular flexibility index (Phi) is 2.97. The van der Waals surface area contributed by atoms with E-state index >= 15 is 0 Å². The number of rotatable bonds is 1. The Labute approximate surface area is 110 Å². The van der Waals surface area contributed by atoms with Gasteiger partial charge >= 0.3 is 0 Å². The molecule has 2 rings (SSSR count). The molecule has 0 radical (unpaired) electrons. The van der Waals surface area contributed by atoms with Crippen LogP contribution in [0.15, 0.2) is 23.1 Å². The van der Waals surface area contributed by atoms with Crippen LogP contribution < -0.4 is 4.90 Å². The summed E-state index contributed by atoms with van der Waals surface area (Å²) in [7, 11) is -1.30. The van der Waals surface area contributed by atoms with Gasteiger partial charge in [-0.3, -0.25) is 0 Å². The lowest BCUT2D eigenvalue weighted by Gasteiger charge is -2.38. The fourth-order valence-electron chi connectivity index (χ4n) is 2.46. The van der Waals surface area contributed by atoms with Crippen molar-refractivity contribution in [3.05, 3.63) is 23.8 Å². The van der Waals surface area contributed by atoms with Gasteiger partial charge in [-0.05, 0) is 37.5 Å². The molecule has 0 bridgehead atoms. The van der Waals surface area contributed by atoms with Crippen molar-refractivity contribution in [1.29, 1.82) is 0 Å². The second-order valence-electron chi connectivity index (χ2n) is 6.00. The maximum absolute atomic E-state index is 12.6. The minimum atomic E-state index is -3.25. The van der Waals surface area contributed by atoms with Crippen molar-refractivity contribution in [2.24, 2.45) is 0 Å². The molecule has 1 aromatic carbocycles. The third kappa shape index (κ3) is 1.83. The zero-order valence-corrected chi connectivity index (χ0v) is 12.5. The third-order valence-electron chi connectivity index (χ3n) is 3.70. The molecule has 0 saturated heterocycles. The Morgan fingerprint density at radius 3 is 2.44 bits per heavy atom. The third-order valence-corrected chi connectivity index (χ3v) is 6.19. The molecular weight excluding hydrogens is 246 g/mol. The lowest BCUT2D eigenvalue weighted by atomic mass is 10.0. The highest BCUT2D eigenvalue weighted by Crippen LogP contribution is 2.39. The van der Waals surface area contributed by atoms with Gasteiger partial charge in [0.15, 0.2) is 9.84 Å². The molecule has 1 aliphatic rings. The van der Waals surface area contributed by atoms with Gasteiger partial charge in [-0.1, -0.05) is 19.9 Å². The Morgan fingerprint density at radius 2 is 1.89 bits per heavy atom. The van der Waals surface area contributed by atoms with Crippen LogP contribution in [0.25, 0.3) is 0 Å². The Hall–Kier alpha value is -1.03. The first-order valence-electron chi connectivity index (χ1n) is 6.26. The van der Waals surface area contributed by atoms with Gasteiger partial charge in [0.2, 0.25) is 0 Å². The minimum Gasteiger partial charge on any atom is -0.372 e. The molecule has 0 amide bonds. The van der Waals surface area contributed by atoms with Gasteiger partial charge in [-0.15, -0.1) is 0 Å². The van der Waals surface area contributed by atoms with Crippen LogP contribution in [-0.2, 0) is 9.84 Å². The van der Waals surface area contributed by atoms with E-state index in [1.807, 2.05) is 30.1 Å². The number of sulfone groups is 1. The summed E-state index contributed by atoms with van der Waals surface area (Å²) < 4.78 is 24.5. The van der Waals surface area contributed by atoms with Gasteiger partial charge in [0.25, 0.3) is 0 Å². The van der Waals surface area contributed by atoms with Gasteiger partial charge < -0.3 is 4.90 Å². The fourth-order valence-corrected chi connectivity index (χ4v) is 4.21. The van der Waals surface area contributed by atoms with E-state index in [4.69, 9.17) is 0 Å². The molecule has 0 N–H and O–H groups in total. The summed E-state index contributed by atoms with van der Waals surface area (Å²) in [4.78, 5) is 2.51. The molecule has 0 spiro atoms. The van der Waals surface area contributed by atoms with E-state index in [9.17, 15) is 8.42 Å². The highest BCUT2D eigenvalue weighted by molar-refractivity contribution is 7.93. The highest BCUT2D eigenvalue weighted by atomic mass is 32.2. The lowest BCUT2D eigenvalue weighted by Crippen LogP contribution is -2.47. The monoisotopic (exact) mass is 267 g/mol. The predicted octanol–water partition coefficient (Wildman–Crippen LogP) is 2.81. The first-order chi connectivity index (χ1) is 8.17. The Morgan fingerprint density at radius 1 is 1.28 bits per heavy atom. The quantitative estimate of drug-likeness (QED) is 0.785. The van der Waals surface area contributed by atoms with Crippen molar-refractivity contribution in [3.8, 4) is 0 Å². The second-order valence-corrected chi connectivity index (χ2v) is 8.55. The average Bonchev–Trinajstić information content (AvgIpc) is 2.25. The van der Waals surface area contributed by atoms with Crippen molar-refractivity contribution in [2.45, 2.75) is 43.3 Å². The molecule has 0 atom stereocenters. The molecule has 0 aromatic heterocycles. The van der Waals surface area contributed by atoms with Crippen LogP contribution in [-0.4, -0.2) is 26.8 Å². The summed E-state index contributed by atoms with van der Waals surface area (Å²) in [5.41, 5.74) is 1.89. The summed E-state index contributed by atoms with van der Waals surface area (Å²) in [6, 6.07) is 5.79. The topological polar surface area (TPSA) is 37.4 Å². The van der Waals surface area contributed by atoms with E-state index in [-0.39, 0.29) is 0 Å². The van der Waals surface area contributed by atoms with Crippen molar-refractivity contribution >= 4 is 15.5 Å². The average molecular weight is 267 g/mol. The lowest BCUT2D eigenvalue weighted by molar-refractivity contribution is 0.534. The van der Waals surface area contributed by atoms with Crippen LogP contribution in [0.5, 0.6) is 0 Å². The first kappa shape index (κ1) is 13.4. The summed E-state index contributed by atoms with van der Waals surface area (Å²) in [5.74, 6) is 0.334. The van der Waals surface area contributed by atoms with Crippen LogP contribution in [0.3, 0.4) is 0 Å². The zero-order valence-electron chi connectivity index (χ0n) is 11.7. The molecule has 1 aromatic rings. The van der Waals surface area contributed by atoms with Gasteiger partial charge in [0.1, 0.15) is 0 Å². The van der Waals surface area contributed by atoms with E-state index in [0.29, 0.717) is 17.4 Å². The van der Waals surface area contributed by atoms with E-state index in [1.54, 1.807) is 13.8 Å². The van der Waals surface area contributed by atoms with Gasteiger partial charge in [0, 0.05) is 13.6 Å². The summed E-state index contributed by atoms with van der Waals surface area (Å²) >= 11 is 0. The SMILES string of the molecule is CC(C)c1ccc2c(c1)S(=O)(=O)C(C)(C)CN2C. The molecular formula is C14H21NO2S. The van der Waals surface area contributed by atoms with Crippen LogP contribution in [0, 0.1) is 0 Å². The molecule has 4 heteroatoms. The van der Waals surface area contributed by atoms with Crippen LogP contribution >= 0.6 is 0 Å². The number of anilines is 1. The largest absolute Gasteiger partial charge is 0.372 e. The van der Waals surface area contributed by atoms with E-state index < -0.39 is 14.6 Å².